The summed E-state index contributed by atoms with van der Waals surface area (Å²) in [5.41, 5.74) is 3.19. The Labute approximate surface area is 147 Å². The van der Waals surface area contributed by atoms with Crippen molar-refractivity contribution in [1.82, 2.24) is 10.3 Å². The van der Waals surface area contributed by atoms with Gasteiger partial charge in [-0.15, -0.1) is 0 Å². The van der Waals surface area contributed by atoms with Gasteiger partial charge in [0.15, 0.2) is 0 Å². The maximum absolute atomic E-state index is 12.0. The van der Waals surface area contributed by atoms with E-state index in [9.17, 15) is 10.1 Å². The topological polar surface area (TPSA) is 65.8 Å². The lowest BCUT2D eigenvalue weighted by Crippen LogP contribution is -2.41. The van der Waals surface area contributed by atoms with Gasteiger partial charge in [0, 0.05) is 11.1 Å². The lowest BCUT2D eigenvalue weighted by atomic mass is 10.1. The summed E-state index contributed by atoms with van der Waals surface area (Å²) in [5.74, 6) is 0.162. The summed E-state index contributed by atoms with van der Waals surface area (Å²) < 4.78 is 0. The minimum atomic E-state index is -0.271. The van der Waals surface area contributed by atoms with Crippen molar-refractivity contribution < 1.29 is 4.79 Å². The lowest BCUT2D eigenvalue weighted by molar-refractivity contribution is -0.119. The Kier molecular flexibility index (Phi) is 5.63. The molecular weight excluding hydrogens is 318 g/mol. The number of aromatic nitrogens is 1. The summed E-state index contributed by atoms with van der Waals surface area (Å²) in [6.45, 7) is 7.84. The van der Waals surface area contributed by atoms with Gasteiger partial charge in [-0.05, 0) is 39.8 Å². The van der Waals surface area contributed by atoms with E-state index < -0.39 is 0 Å². The van der Waals surface area contributed by atoms with Crippen LogP contribution in [0, 0.1) is 18.3 Å². The zero-order valence-electron chi connectivity index (χ0n) is 14.4. The Morgan fingerprint density at radius 3 is 2.46 bits per heavy atom. The zero-order valence-corrected chi connectivity index (χ0v) is 15.2. The highest BCUT2D eigenvalue weighted by molar-refractivity contribution is 8.00. The first-order valence-corrected chi connectivity index (χ1v) is 8.69. The van der Waals surface area contributed by atoms with Gasteiger partial charge in [0.05, 0.1) is 17.0 Å². The fourth-order valence-electron chi connectivity index (χ4n) is 2.11. The molecule has 0 saturated heterocycles. The van der Waals surface area contributed by atoms with Crippen LogP contribution in [0.5, 0.6) is 0 Å². The average molecular weight is 339 g/mol. The molecule has 0 fully saturated rings. The van der Waals surface area contributed by atoms with E-state index in [2.05, 4.69) is 16.4 Å². The van der Waals surface area contributed by atoms with Gasteiger partial charge in [0.2, 0.25) is 5.91 Å². The minimum absolute atomic E-state index is 0.0704. The van der Waals surface area contributed by atoms with Crippen LogP contribution in [0.4, 0.5) is 0 Å². The summed E-state index contributed by atoms with van der Waals surface area (Å²) in [7, 11) is 0. The number of carbonyl (C=O) groups excluding carboxylic acids is 1. The number of nitrogens with one attached hydrogen (secondary N) is 1. The first kappa shape index (κ1) is 18.0. The molecule has 124 valence electrons. The molecule has 0 bridgehead atoms. The Hall–Kier alpha value is -2.32. The van der Waals surface area contributed by atoms with E-state index >= 15 is 0 Å². The number of pyridine rings is 1. The number of thioether (sulfide) groups is 1. The third kappa shape index (κ3) is 5.10. The zero-order chi connectivity index (χ0) is 17.7. The smallest absolute Gasteiger partial charge is 0.230 e. The molecule has 1 amide bonds. The van der Waals surface area contributed by atoms with Crippen molar-refractivity contribution in [3.63, 3.8) is 0 Å². The van der Waals surface area contributed by atoms with Crippen molar-refractivity contribution >= 4 is 17.7 Å². The molecule has 0 spiro atoms. The Morgan fingerprint density at radius 2 is 1.88 bits per heavy atom. The Morgan fingerprint density at radius 1 is 1.21 bits per heavy atom. The number of rotatable bonds is 4. The molecule has 1 heterocycles. The predicted octanol–water partition coefficient (Wildman–Crippen LogP) is 3.94. The summed E-state index contributed by atoms with van der Waals surface area (Å²) in [6, 6.07) is 13.8. The first-order valence-electron chi connectivity index (χ1n) is 7.70. The molecule has 1 aromatic heterocycles. The van der Waals surface area contributed by atoms with Crippen molar-refractivity contribution in [2.24, 2.45) is 0 Å². The SMILES string of the molecule is Cc1ccc(-c2ccc(C#N)c(SCC(=O)NC(C)(C)C)n2)cc1. The highest BCUT2D eigenvalue weighted by Gasteiger charge is 2.15. The number of nitrogens with zero attached hydrogens (tertiary/aromatic N) is 2. The van der Waals surface area contributed by atoms with Crippen LogP contribution in [0.2, 0.25) is 0 Å². The van der Waals surface area contributed by atoms with E-state index in [0.717, 1.165) is 11.3 Å². The molecule has 0 atom stereocenters. The van der Waals surface area contributed by atoms with Crippen LogP contribution in [0.3, 0.4) is 0 Å². The summed E-state index contributed by atoms with van der Waals surface area (Å²) in [4.78, 5) is 16.6. The van der Waals surface area contributed by atoms with Crippen LogP contribution in [-0.4, -0.2) is 22.2 Å². The lowest BCUT2D eigenvalue weighted by Gasteiger charge is -2.20. The minimum Gasteiger partial charge on any atom is -0.351 e. The van der Waals surface area contributed by atoms with Crippen molar-refractivity contribution in [2.45, 2.75) is 38.3 Å². The van der Waals surface area contributed by atoms with Crippen LogP contribution in [-0.2, 0) is 4.79 Å². The average Bonchev–Trinajstić information content (AvgIpc) is 2.52. The normalized spacial score (nSPS) is 11.0. The standard InChI is InChI=1S/C19H21N3OS/c1-13-5-7-14(8-6-13)16-10-9-15(11-20)18(21-16)24-12-17(23)22-19(2,3)4/h5-10H,12H2,1-4H3,(H,22,23). The molecule has 5 heteroatoms. The predicted molar refractivity (Wildman–Crippen MR) is 97.7 cm³/mol. The largest absolute Gasteiger partial charge is 0.351 e. The van der Waals surface area contributed by atoms with Gasteiger partial charge >= 0.3 is 0 Å². The number of hydrogen-bond donors (Lipinski definition) is 1. The first-order chi connectivity index (χ1) is 11.3. The van der Waals surface area contributed by atoms with Crippen molar-refractivity contribution in [2.75, 3.05) is 5.75 Å². The van der Waals surface area contributed by atoms with Gasteiger partial charge in [-0.25, -0.2) is 4.98 Å². The van der Waals surface area contributed by atoms with Crippen LogP contribution < -0.4 is 5.32 Å². The molecule has 0 radical (unpaired) electrons. The van der Waals surface area contributed by atoms with E-state index in [4.69, 9.17) is 0 Å². The fourth-order valence-corrected chi connectivity index (χ4v) is 2.88. The van der Waals surface area contributed by atoms with E-state index in [0.29, 0.717) is 10.6 Å². The maximum atomic E-state index is 12.0. The van der Waals surface area contributed by atoms with Crippen molar-refractivity contribution in [3.8, 4) is 17.3 Å². The second kappa shape index (κ2) is 7.50. The number of benzene rings is 1. The van der Waals surface area contributed by atoms with Crippen molar-refractivity contribution in [1.29, 1.82) is 5.26 Å². The number of aryl methyl sites for hydroxylation is 1. The maximum Gasteiger partial charge on any atom is 0.230 e. The molecule has 0 aliphatic heterocycles. The van der Waals surface area contributed by atoms with Crippen LogP contribution in [0.1, 0.15) is 31.9 Å². The second-order valence-electron chi connectivity index (χ2n) is 6.61. The summed E-state index contributed by atoms with van der Waals surface area (Å²) in [5, 5.41) is 12.8. The van der Waals surface area contributed by atoms with Crippen LogP contribution >= 0.6 is 11.8 Å². The van der Waals surface area contributed by atoms with E-state index in [1.165, 1.54) is 17.3 Å². The molecule has 0 aliphatic carbocycles. The molecule has 2 aromatic rings. The van der Waals surface area contributed by atoms with Gasteiger partial charge in [-0.3, -0.25) is 4.79 Å². The number of nitriles is 1. The van der Waals surface area contributed by atoms with E-state index in [1.54, 1.807) is 6.07 Å². The van der Waals surface area contributed by atoms with Crippen LogP contribution in [0.15, 0.2) is 41.4 Å². The summed E-state index contributed by atoms with van der Waals surface area (Å²) >= 11 is 1.29. The third-order valence-corrected chi connectivity index (χ3v) is 4.17. The Bertz CT molecular complexity index is 771. The second-order valence-corrected chi connectivity index (χ2v) is 7.58. The molecule has 2 rings (SSSR count). The molecule has 0 saturated carbocycles. The van der Waals surface area contributed by atoms with Gasteiger partial charge in [0.25, 0.3) is 0 Å². The molecule has 1 aromatic carbocycles. The molecular formula is C19H21N3OS. The highest BCUT2D eigenvalue weighted by Crippen LogP contribution is 2.25. The third-order valence-electron chi connectivity index (χ3n) is 3.18. The van der Waals surface area contributed by atoms with Gasteiger partial charge < -0.3 is 5.32 Å². The molecule has 0 aliphatic rings. The van der Waals surface area contributed by atoms with E-state index in [-0.39, 0.29) is 17.2 Å². The quantitative estimate of drug-likeness (QED) is 0.857. The number of carbonyl (C=O) groups is 1. The number of hydrogen-bond acceptors (Lipinski definition) is 4. The van der Waals surface area contributed by atoms with Gasteiger partial charge in [-0.1, -0.05) is 41.6 Å². The van der Waals surface area contributed by atoms with Crippen LogP contribution in [0.25, 0.3) is 11.3 Å². The molecule has 0 unspecified atom stereocenters. The molecule has 4 nitrogen and oxygen atoms in total. The molecule has 24 heavy (non-hydrogen) atoms. The van der Waals surface area contributed by atoms with Gasteiger partial charge in [0.1, 0.15) is 11.1 Å². The summed E-state index contributed by atoms with van der Waals surface area (Å²) in [6.07, 6.45) is 0. The van der Waals surface area contributed by atoms with Crippen molar-refractivity contribution in [3.05, 3.63) is 47.5 Å². The van der Waals surface area contributed by atoms with Gasteiger partial charge in [-0.2, -0.15) is 5.26 Å². The Balaban J connectivity index is 2.19. The van der Waals surface area contributed by atoms with E-state index in [1.807, 2.05) is 58.0 Å². The highest BCUT2D eigenvalue weighted by atomic mass is 32.2. The molecule has 1 N–H and O–H groups in total. The number of amides is 1. The monoisotopic (exact) mass is 339 g/mol. The fraction of sp³-hybridized carbons (Fsp3) is 0.316.